The van der Waals surface area contributed by atoms with Crippen molar-refractivity contribution in [2.45, 2.75) is 25.8 Å². The molecule has 0 amide bonds. The maximum Gasteiger partial charge on any atom is 0.337 e. The predicted octanol–water partition coefficient (Wildman–Crippen LogP) is 4.36. The lowest BCUT2D eigenvalue weighted by Crippen LogP contribution is -2.27. The monoisotopic (exact) mass is 392 g/mol. The number of hydrogen-bond donors (Lipinski definition) is 3. The minimum absolute atomic E-state index is 0.162. The molecule has 0 fully saturated rings. The largest absolute Gasteiger partial charge is 0.478 e. The van der Waals surface area contributed by atoms with Gasteiger partial charge in [0, 0.05) is 12.2 Å². The molecule has 6 heteroatoms. The number of carboxylic acids is 1. The Morgan fingerprint density at radius 2 is 1.76 bits per heavy atom. The van der Waals surface area contributed by atoms with Gasteiger partial charge in [0.15, 0.2) is 0 Å². The number of ether oxygens (including phenoxy) is 1. The first kappa shape index (κ1) is 20.2. The molecular formula is C23H24N2O4. The highest BCUT2D eigenvalue weighted by atomic mass is 16.5. The molecule has 0 aliphatic carbocycles. The highest BCUT2D eigenvalue weighted by Gasteiger charge is 2.17. The number of aromatic amines is 1. The molecule has 6 nitrogen and oxygen atoms in total. The molecular weight excluding hydrogens is 368 g/mol. The van der Waals surface area contributed by atoms with E-state index in [1.54, 1.807) is 6.92 Å². The van der Waals surface area contributed by atoms with Crippen molar-refractivity contribution in [3.05, 3.63) is 78.0 Å². The van der Waals surface area contributed by atoms with E-state index in [1.165, 1.54) is 12.3 Å². The molecule has 29 heavy (non-hydrogen) atoms. The van der Waals surface area contributed by atoms with Crippen LogP contribution in [-0.2, 0) is 16.0 Å². The number of aromatic nitrogens is 1. The van der Waals surface area contributed by atoms with Gasteiger partial charge in [-0.25, -0.2) is 4.79 Å². The first-order chi connectivity index (χ1) is 14.0. The molecule has 3 aromatic rings. The van der Waals surface area contributed by atoms with Gasteiger partial charge in [-0.05, 0) is 36.1 Å². The fourth-order valence-corrected chi connectivity index (χ4v) is 3.16. The van der Waals surface area contributed by atoms with Crippen LogP contribution in [0.1, 0.15) is 29.3 Å². The summed E-state index contributed by atoms with van der Waals surface area (Å²) < 4.78 is 5.08. The molecule has 1 heterocycles. The molecule has 150 valence electrons. The van der Waals surface area contributed by atoms with E-state index in [0.29, 0.717) is 18.8 Å². The number of H-pyrrole nitrogens is 1. The van der Waals surface area contributed by atoms with Gasteiger partial charge in [0.1, 0.15) is 5.82 Å². The average Bonchev–Trinajstić information content (AvgIpc) is 3.18. The van der Waals surface area contributed by atoms with E-state index < -0.39 is 5.97 Å². The van der Waals surface area contributed by atoms with Crippen LogP contribution in [0.3, 0.4) is 0 Å². The highest BCUT2D eigenvalue weighted by molar-refractivity contribution is 5.88. The molecule has 0 unspecified atom stereocenters. The summed E-state index contributed by atoms with van der Waals surface area (Å²) >= 11 is 0. The Kier molecular flexibility index (Phi) is 6.68. The van der Waals surface area contributed by atoms with Crippen LogP contribution >= 0.6 is 0 Å². The summed E-state index contributed by atoms with van der Waals surface area (Å²) in [4.78, 5) is 26.0. The molecule has 2 aromatic carbocycles. The summed E-state index contributed by atoms with van der Waals surface area (Å²) in [6.07, 6.45) is 2.19. The van der Waals surface area contributed by atoms with Gasteiger partial charge >= 0.3 is 11.9 Å². The maximum atomic E-state index is 12.0. The zero-order valence-electron chi connectivity index (χ0n) is 16.2. The number of rotatable bonds is 9. The van der Waals surface area contributed by atoms with Crippen molar-refractivity contribution in [2.75, 3.05) is 11.9 Å². The maximum absolute atomic E-state index is 12.0. The van der Waals surface area contributed by atoms with Crippen LogP contribution in [0.5, 0.6) is 0 Å². The van der Waals surface area contributed by atoms with Crippen molar-refractivity contribution >= 4 is 17.8 Å². The van der Waals surface area contributed by atoms with Gasteiger partial charge in [-0.1, -0.05) is 54.6 Å². The number of esters is 1. The molecule has 0 bridgehead atoms. The van der Waals surface area contributed by atoms with Crippen LogP contribution in [0.25, 0.3) is 11.1 Å². The number of hydrogen-bond acceptors (Lipinski definition) is 4. The van der Waals surface area contributed by atoms with Crippen molar-refractivity contribution in [1.82, 2.24) is 4.98 Å². The van der Waals surface area contributed by atoms with E-state index in [4.69, 9.17) is 9.84 Å². The van der Waals surface area contributed by atoms with Crippen molar-refractivity contribution in [3.63, 3.8) is 0 Å². The van der Waals surface area contributed by atoms with Crippen LogP contribution in [0.2, 0.25) is 0 Å². The Balaban J connectivity index is 1.73. The van der Waals surface area contributed by atoms with E-state index >= 15 is 0 Å². The summed E-state index contributed by atoms with van der Waals surface area (Å²) in [5.41, 5.74) is 3.50. The minimum atomic E-state index is -1.01. The fraction of sp³-hybridized carbons (Fsp3) is 0.217. The Hall–Kier alpha value is -3.54. The second-order valence-corrected chi connectivity index (χ2v) is 6.72. The minimum Gasteiger partial charge on any atom is -0.478 e. The molecule has 0 aliphatic heterocycles. The van der Waals surface area contributed by atoms with Crippen molar-refractivity contribution in [2.24, 2.45) is 0 Å². The van der Waals surface area contributed by atoms with Gasteiger partial charge in [-0.2, -0.15) is 0 Å². The van der Waals surface area contributed by atoms with Crippen molar-refractivity contribution in [1.29, 1.82) is 0 Å². The summed E-state index contributed by atoms with van der Waals surface area (Å²) in [7, 11) is 0. The molecule has 0 radical (unpaired) electrons. The summed E-state index contributed by atoms with van der Waals surface area (Å²) in [5.74, 6) is -0.749. The zero-order valence-corrected chi connectivity index (χ0v) is 16.2. The Bertz CT molecular complexity index is 949. The third kappa shape index (κ3) is 5.72. The molecule has 0 saturated heterocycles. The zero-order chi connectivity index (χ0) is 20.6. The summed E-state index contributed by atoms with van der Waals surface area (Å²) in [6.45, 7) is 2.09. The lowest BCUT2D eigenvalue weighted by Gasteiger charge is -2.18. The molecule has 3 rings (SSSR count). The first-order valence-corrected chi connectivity index (χ1v) is 9.53. The number of carbonyl (C=O) groups excluding carboxylic acids is 1. The fourth-order valence-electron chi connectivity index (χ4n) is 3.16. The molecule has 1 atom stereocenters. The highest BCUT2D eigenvalue weighted by Crippen LogP contribution is 2.21. The average molecular weight is 392 g/mol. The number of carbonyl (C=O) groups is 2. The molecule has 1 aromatic heterocycles. The molecule has 3 N–H and O–H groups in total. The number of benzene rings is 2. The van der Waals surface area contributed by atoms with Gasteiger partial charge < -0.3 is 20.1 Å². The van der Waals surface area contributed by atoms with E-state index in [1.807, 2.05) is 30.3 Å². The summed E-state index contributed by atoms with van der Waals surface area (Å²) in [6, 6.07) is 19.6. The molecule has 0 spiro atoms. The second-order valence-electron chi connectivity index (χ2n) is 6.72. The van der Waals surface area contributed by atoms with Crippen molar-refractivity contribution < 1.29 is 19.4 Å². The smallest absolute Gasteiger partial charge is 0.337 e. The normalized spacial score (nSPS) is 11.6. The van der Waals surface area contributed by atoms with Crippen molar-refractivity contribution in [3.8, 4) is 11.1 Å². The summed E-state index contributed by atoms with van der Waals surface area (Å²) in [5, 5.41) is 12.3. The van der Waals surface area contributed by atoms with E-state index in [2.05, 4.69) is 34.6 Å². The topological polar surface area (TPSA) is 91.4 Å². The number of anilines is 1. The van der Waals surface area contributed by atoms with Gasteiger partial charge in [-0.3, -0.25) is 4.79 Å². The van der Waals surface area contributed by atoms with E-state index in [-0.39, 0.29) is 24.0 Å². The predicted molar refractivity (Wildman–Crippen MR) is 112 cm³/mol. The standard InChI is InChI=1S/C23H24N2O4/c1-2-29-22(26)14-20(25-21-13-19(15-24-21)23(27)28)12-16-8-10-18(11-9-16)17-6-4-3-5-7-17/h3-11,13,15,20,24-25H,2,12,14H2,1H3,(H,27,28)/t20-/m1/s1. The number of nitrogens with one attached hydrogen (secondary N) is 2. The van der Waals surface area contributed by atoms with Gasteiger partial charge in [0.2, 0.25) is 0 Å². The van der Waals surface area contributed by atoms with Gasteiger partial charge in [-0.15, -0.1) is 0 Å². The van der Waals surface area contributed by atoms with Gasteiger partial charge in [0.05, 0.1) is 18.6 Å². The molecule has 0 saturated carbocycles. The SMILES string of the molecule is CCOC(=O)C[C@@H](Cc1ccc(-c2ccccc2)cc1)Nc1cc(C(=O)O)c[nH]1. The second kappa shape index (κ2) is 9.59. The molecule has 0 aliphatic rings. The van der Waals surface area contributed by atoms with E-state index in [0.717, 1.165) is 16.7 Å². The third-order valence-corrected chi connectivity index (χ3v) is 4.55. The number of carboxylic acid groups (broad SMARTS) is 1. The Labute approximate surface area is 169 Å². The first-order valence-electron chi connectivity index (χ1n) is 9.53. The lowest BCUT2D eigenvalue weighted by molar-refractivity contribution is -0.143. The van der Waals surface area contributed by atoms with Crippen LogP contribution in [0.4, 0.5) is 5.82 Å². The lowest BCUT2D eigenvalue weighted by atomic mass is 9.99. The third-order valence-electron chi connectivity index (χ3n) is 4.55. The van der Waals surface area contributed by atoms with Crippen LogP contribution in [0.15, 0.2) is 66.9 Å². The Morgan fingerprint density at radius 3 is 2.38 bits per heavy atom. The van der Waals surface area contributed by atoms with Crippen LogP contribution < -0.4 is 5.32 Å². The quantitative estimate of drug-likeness (QED) is 0.471. The Morgan fingerprint density at radius 1 is 1.07 bits per heavy atom. The van der Waals surface area contributed by atoms with Crippen LogP contribution in [0, 0.1) is 0 Å². The van der Waals surface area contributed by atoms with Crippen LogP contribution in [-0.4, -0.2) is 34.7 Å². The van der Waals surface area contributed by atoms with E-state index in [9.17, 15) is 9.59 Å². The van der Waals surface area contributed by atoms with Gasteiger partial charge in [0.25, 0.3) is 0 Å². The number of aromatic carboxylic acids is 1.